The van der Waals surface area contributed by atoms with Gasteiger partial charge in [0.25, 0.3) is 0 Å². The number of hydrogen-bond donors (Lipinski definition) is 3. The van der Waals surface area contributed by atoms with Crippen LogP contribution >= 0.6 is 0 Å². The number of primary amides is 1. The van der Waals surface area contributed by atoms with Crippen LogP contribution in [-0.4, -0.2) is 20.9 Å². The molecule has 1 unspecified atom stereocenters. The molecule has 0 aliphatic rings. The van der Waals surface area contributed by atoms with Gasteiger partial charge in [0.15, 0.2) is 0 Å². The van der Waals surface area contributed by atoms with Gasteiger partial charge in [0.1, 0.15) is 5.65 Å². The number of hydrogen-bond acceptors (Lipinski definition) is 2. The summed E-state index contributed by atoms with van der Waals surface area (Å²) >= 11 is 0. The fourth-order valence-corrected chi connectivity index (χ4v) is 2.90. The van der Waals surface area contributed by atoms with Gasteiger partial charge in [0, 0.05) is 39.9 Å². The first kappa shape index (κ1) is 13.6. The summed E-state index contributed by atoms with van der Waals surface area (Å²) in [5.74, 6) is -0.636. The van der Waals surface area contributed by atoms with Gasteiger partial charge >= 0.3 is 0 Å². The maximum Gasteiger partial charge on any atom is 0.224 e. The van der Waals surface area contributed by atoms with Gasteiger partial charge in [0.2, 0.25) is 5.91 Å². The van der Waals surface area contributed by atoms with Crippen LogP contribution in [0.2, 0.25) is 0 Å². The molecule has 4 rings (SSSR count). The van der Waals surface area contributed by atoms with Crippen LogP contribution in [0.3, 0.4) is 0 Å². The Balaban J connectivity index is 1.89. The van der Waals surface area contributed by atoms with Crippen molar-refractivity contribution in [2.75, 3.05) is 0 Å². The number of nitrogens with zero attached hydrogens (tertiary/aromatic N) is 1. The van der Waals surface area contributed by atoms with Crippen molar-refractivity contribution in [2.24, 2.45) is 5.73 Å². The van der Waals surface area contributed by atoms with E-state index in [4.69, 9.17) is 5.73 Å². The lowest BCUT2D eigenvalue weighted by Crippen LogP contribution is -2.18. The first-order chi connectivity index (χ1) is 11.1. The molecule has 3 heterocycles. The van der Waals surface area contributed by atoms with Crippen molar-refractivity contribution in [3.05, 3.63) is 54.4 Å². The van der Waals surface area contributed by atoms with Crippen LogP contribution in [0.25, 0.3) is 33.2 Å². The van der Waals surface area contributed by atoms with Crippen molar-refractivity contribution >= 4 is 27.8 Å². The lowest BCUT2D eigenvalue weighted by atomic mass is 9.98. The minimum Gasteiger partial charge on any atom is -0.369 e. The lowest BCUT2D eigenvalue weighted by molar-refractivity contribution is -0.119. The molecule has 5 heteroatoms. The van der Waals surface area contributed by atoms with E-state index < -0.39 is 0 Å². The SMILES string of the molecule is CC(C(N)=O)c1ccc2[nH]cc(-c3cc4cccnc4[nH]3)c2c1. The molecular weight excluding hydrogens is 288 g/mol. The van der Waals surface area contributed by atoms with Crippen LogP contribution in [0.15, 0.2) is 48.8 Å². The van der Waals surface area contributed by atoms with Gasteiger partial charge in [-0.1, -0.05) is 6.07 Å². The van der Waals surface area contributed by atoms with Crippen molar-refractivity contribution in [1.82, 2.24) is 15.0 Å². The average Bonchev–Trinajstić information content (AvgIpc) is 3.16. The van der Waals surface area contributed by atoms with Crippen LogP contribution in [0.5, 0.6) is 0 Å². The Morgan fingerprint density at radius 2 is 2.13 bits per heavy atom. The normalized spacial score (nSPS) is 12.7. The summed E-state index contributed by atoms with van der Waals surface area (Å²) in [5.41, 5.74) is 10.3. The molecule has 0 bridgehead atoms. The number of pyridine rings is 1. The summed E-state index contributed by atoms with van der Waals surface area (Å²) in [6, 6.07) is 12.0. The number of nitrogens with two attached hydrogens (primary N) is 1. The molecule has 114 valence electrons. The second kappa shape index (κ2) is 4.98. The summed E-state index contributed by atoms with van der Waals surface area (Å²) in [6.45, 7) is 1.82. The molecule has 0 fully saturated rings. The fraction of sp³-hybridized carbons (Fsp3) is 0.111. The Morgan fingerprint density at radius 3 is 2.91 bits per heavy atom. The Kier molecular flexibility index (Phi) is 2.94. The van der Waals surface area contributed by atoms with Crippen LogP contribution in [-0.2, 0) is 4.79 Å². The van der Waals surface area contributed by atoms with Gasteiger partial charge in [-0.15, -0.1) is 0 Å². The fourth-order valence-electron chi connectivity index (χ4n) is 2.90. The zero-order valence-corrected chi connectivity index (χ0v) is 12.6. The molecule has 0 aliphatic heterocycles. The van der Waals surface area contributed by atoms with Crippen LogP contribution < -0.4 is 5.73 Å². The van der Waals surface area contributed by atoms with E-state index in [2.05, 4.69) is 21.0 Å². The molecule has 4 aromatic rings. The highest BCUT2D eigenvalue weighted by atomic mass is 16.1. The van der Waals surface area contributed by atoms with E-state index in [1.807, 2.05) is 43.5 Å². The standard InChI is InChI=1S/C18H16N4O/c1-10(17(19)23)11-4-5-15-13(7-11)14(9-21-15)16-8-12-3-2-6-20-18(12)22-16/h2-10,21H,1H3,(H2,19,23)(H,20,22). The molecular formula is C18H16N4O. The van der Waals surface area contributed by atoms with E-state index in [-0.39, 0.29) is 11.8 Å². The first-order valence-electron chi connectivity index (χ1n) is 7.48. The zero-order chi connectivity index (χ0) is 16.0. The van der Waals surface area contributed by atoms with Crippen molar-refractivity contribution in [3.8, 4) is 11.3 Å². The van der Waals surface area contributed by atoms with E-state index in [0.29, 0.717) is 0 Å². The summed E-state index contributed by atoms with van der Waals surface area (Å²) in [6.07, 6.45) is 3.73. The highest BCUT2D eigenvalue weighted by molar-refractivity contribution is 5.98. The van der Waals surface area contributed by atoms with E-state index in [9.17, 15) is 4.79 Å². The Hall–Kier alpha value is -3.08. The quantitative estimate of drug-likeness (QED) is 0.542. The summed E-state index contributed by atoms with van der Waals surface area (Å²) in [5, 5.41) is 2.13. The van der Waals surface area contributed by atoms with Gasteiger partial charge in [-0.05, 0) is 42.8 Å². The minimum absolute atomic E-state index is 0.313. The number of aromatic amines is 2. The Morgan fingerprint density at radius 1 is 1.26 bits per heavy atom. The number of fused-ring (bicyclic) bond motifs is 2. The number of amides is 1. The molecule has 23 heavy (non-hydrogen) atoms. The van der Waals surface area contributed by atoms with E-state index in [0.717, 1.165) is 38.8 Å². The highest BCUT2D eigenvalue weighted by Crippen LogP contribution is 2.32. The van der Waals surface area contributed by atoms with Crippen molar-refractivity contribution in [3.63, 3.8) is 0 Å². The van der Waals surface area contributed by atoms with Crippen LogP contribution in [0, 0.1) is 0 Å². The molecule has 1 atom stereocenters. The number of aromatic nitrogens is 3. The van der Waals surface area contributed by atoms with Crippen molar-refractivity contribution < 1.29 is 4.79 Å². The summed E-state index contributed by atoms with van der Waals surface area (Å²) in [4.78, 5) is 22.4. The van der Waals surface area contributed by atoms with Crippen molar-refractivity contribution in [1.29, 1.82) is 0 Å². The third-order valence-corrected chi connectivity index (χ3v) is 4.31. The maximum atomic E-state index is 11.4. The Labute approximate surface area is 132 Å². The summed E-state index contributed by atoms with van der Waals surface area (Å²) < 4.78 is 0. The predicted octanol–water partition coefficient (Wildman–Crippen LogP) is 3.30. The molecule has 0 aliphatic carbocycles. The second-order valence-electron chi connectivity index (χ2n) is 5.76. The van der Waals surface area contributed by atoms with Crippen LogP contribution in [0.4, 0.5) is 0 Å². The zero-order valence-electron chi connectivity index (χ0n) is 12.6. The molecule has 0 saturated heterocycles. The number of carbonyl (C=O) groups is 1. The van der Waals surface area contributed by atoms with Crippen molar-refractivity contribution in [2.45, 2.75) is 12.8 Å². The van der Waals surface area contributed by atoms with E-state index >= 15 is 0 Å². The van der Waals surface area contributed by atoms with E-state index in [1.165, 1.54) is 0 Å². The first-order valence-corrected chi connectivity index (χ1v) is 7.48. The summed E-state index contributed by atoms with van der Waals surface area (Å²) in [7, 11) is 0. The van der Waals surface area contributed by atoms with E-state index in [1.54, 1.807) is 6.20 Å². The van der Waals surface area contributed by atoms with Gasteiger partial charge in [0.05, 0.1) is 5.92 Å². The number of rotatable bonds is 3. The highest BCUT2D eigenvalue weighted by Gasteiger charge is 2.15. The minimum atomic E-state index is -0.323. The Bertz CT molecular complexity index is 995. The van der Waals surface area contributed by atoms with Crippen LogP contribution in [0.1, 0.15) is 18.4 Å². The number of carbonyl (C=O) groups excluding carboxylic acids is 1. The third kappa shape index (κ3) is 2.17. The molecule has 0 spiro atoms. The van der Waals surface area contributed by atoms with Gasteiger partial charge < -0.3 is 15.7 Å². The monoisotopic (exact) mass is 304 g/mol. The van der Waals surface area contributed by atoms with Gasteiger partial charge in [-0.25, -0.2) is 4.98 Å². The lowest BCUT2D eigenvalue weighted by Gasteiger charge is -2.08. The van der Waals surface area contributed by atoms with Gasteiger partial charge in [-0.2, -0.15) is 0 Å². The molecule has 4 N–H and O–H groups in total. The number of H-pyrrole nitrogens is 2. The molecule has 3 aromatic heterocycles. The molecule has 1 amide bonds. The van der Waals surface area contributed by atoms with Gasteiger partial charge in [-0.3, -0.25) is 4.79 Å². The molecule has 0 saturated carbocycles. The number of nitrogens with one attached hydrogen (secondary N) is 2. The molecule has 1 aromatic carbocycles. The molecule has 5 nitrogen and oxygen atoms in total. The third-order valence-electron chi connectivity index (χ3n) is 4.31. The molecule has 0 radical (unpaired) electrons. The predicted molar refractivity (Wildman–Crippen MR) is 91.0 cm³/mol. The second-order valence-corrected chi connectivity index (χ2v) is 5.76. The number of benzene rings is 1. The largest absolute Gasteiger partial charge is 0.369 e. The smallest absolute Gasteiger partial charge is 0.224 e. The average molecular weight is 304 g/mol. The topological polar surface area (TPSA) is 87.6 Å². The maximum absolute atomic E-state index is 11.4.